The molecule has 4 N–H and O–H groups in total. The number of ether oxygens (including phenoxy) is 3. The minimum Gasteiger partial charge on any atom is -0.491 e. The topological polar surface area (TPSA) is 164 Å². The average molecular weight is 557 g/mol. The highest BCUT2D eigenvalue weighted by atomic mass is 16.5. The summed E-state index contributed by atoms with van der Waals surface area (Å²) in [6.07, 6.45) is 10.7. The summed E-state index contributed by atoms with van der Waals surface area (Å²) in [5.41, 5.74) is 4.39. The molecule has 2 aromatic rings. The van der Waals surface area contributed by atoms with Crippen molar-refractivity contribution >= 4 is 23.0 Å². The molecule has 0 fully saturated rings. The number of hydrogen-bond donors (Lipinski definition) is 2. The third-order valence-corrected chi connectivity index (χ3v) is 6.69. The van der Waals surface area contributed by atoms with Crippen LogP contribution in [0.5, 0.6) is 0 Å². The van der Waals surface area contributed by atoms with Crippen LogP contribution in [0.4, 0.5) is 0 Å². The van der Waals surface area contributed by atoms with Gasteiger partial charge in [-0.15, -0.1) is 0 Å². The van der Waals surface area contributed by atoms with E-state index in [0.29, 0.717) is 69.2 Å². The fourth-order valence-corrected chi connectivity index (χ4v) is 4.49. The van der Waals surface area contributed by atoms with Crippen LogP contribution in [0, 0.1) is 0 Å². The van der Waals surface area contributed by atoms with Crippen LogP contribution >= 0.6 is 0 Å². The molecule has 11 nitrogen and oxygen atoms in total. The van der Waals surface area contributed by atoms with Crippen molar-refractivity contribution in [3.05, 3.63) is 106 Å². The van der Waals surface area contributed by atoms with Gasteiger partial charge in [0.1, 0.15) is 24.7 Å². The van der Waals surface area contributed by atoms with Crippen molar-refractivity contribution in [1.29, 1.82) is 0 Å². The summed E-state index contributed by atoms with van der Waals surface area (Å²) in [5, 5.41) is 7.63. The first-order valence-corrected chi connectivity index (χ1v) is 13.1. The molecule has 0 aromatic carbocycles. The number of allylic oxidation sites excluding steroid dienone is 6. The first-order chi connectivity index (χ1) is 20.0. The van der Waals surface area contributed by atoms with Crippen molar-refractivity contribution in [3.8, 4) is 0 Å². The molecular weight excluding hydrogens is 524 g/mol. The predicted molar refractivity (Wildman–Crippen MR) is 154 cm³/mol. The minimum absolute atomic E-state index is 0.199. The molecule has 0 amide bonds. The largest absolute Gasteiger partial charge is 0.491 e. The Morgan fingerprint density at radius 3 is 1.46 bits per heavy atom. The van der Waals surface area contributed by atoms with Gasteiger partial charge in [-0.1, -0.05) is 0 Å². The van der Waals surface area contributed by atoms with Crippen LogP contribution in [0.2, 0.25) is 0 Å². The van der Waals surface area contributed by atoms with Gasteiger partial charge in [-0.2, -0.15) is 10.2 Å². The lowest BCUT2D eigenvalue weighted by molar-refractivity contribution is 0.0461. The molecule has 4 rings (SSSR count). The molecule has 0 saturated carbocycles. The van der Waals surface area contributed by atoms with Crippen molar-refractivity contribution in [2.75, 3.05) is 26.4 Å². The van der Waals surface area contributed by atoms with Gasteiger partial charge >= 0.3 is 0 Å². The molecule has 2 aliphatic carbocycles. The molecule has 11 heteroatoms. The number of nitrogens with zero attached hydrogens (tertiary/aromatic N) is 4. The maximum absolute atomic E-state index is 13.2. The number of carbonyl (C=O) groups excluding carboxylic acids is 2. The van der Waals surface area contributed by atoms with E-state index in [1.165, 1.54) is 0 Å². The number of Topliss-reactive ketones (excluding diaryl/α,β-unsaturated/α-hetero) is 2. The van der Waals surface area contributed by atoms with Gasteiger partial charge < -0.3 is 25.9 Å². The lowest BCUT2D eigenvalue weighted by Gasteiger charge is -2.21. The van der Waals surface area contributed by atoms with Crippen LogP contribution in [-0.4, -0.2) is 59.4 Å². The van der Waals surface area contributed by atoms with E-state index < -0.39 is 0 Å². The lowest BCUT2D eigenvalue weighted by atomic mass is 9.90. The smallest absolute Gasteiger partial charge is 0.197 e. The van der Waals surface area contributed by atoms with E-state index in [0.717, 1.165) is 0 Å². The molecule has 212 valence electrons. The van der Waals surface area contributed by atoms with Crippen molar-refractivity contribution in [2.24, 2.45) is 21.9 Å². The SMILES string of the molecule is CC1=C(C(=O)c2ccncc2)C(OCCOCCOC2=CCC(=NN)C(C)=C2C(=O)c2ccncc2)=CCC1=NN. The molecule has 0 atom stereocenters. The van der Waals surface area contributed by atoms with Gasteiger partial charge in [0.05, 0.1) is 35.8 Å². The standard InChI is InChI=1S/C30H32N6O5/c1-19-23(35-31)3-5-25(27(19)29(37)21-7-11-33-12-8-21)40-17-15-39-16-18-41-26-6-4-24(36-32)20(2)28(26)30(38)22-9-13-34-14-10-22/h5-14H,3-4,15-18,31-32H2,1-2H3. The zero-order valence-electron chi connectivity index (χ0n) is 23.0. The van der Waals surface area contributed by atoms with Crippen LogP contribution in [0.25, 0.3) is 0 Å². The summed E-state index contributed by atoms with van der Waals surface area (Å²) < 4.78 is 17.6. The summed E-state index contributed by atoms with van der Waals surface area (Å²) in [5.74, 6) is 11.6. The normalized spacial score (nSPS) is 17.4. The molecule has 2 aromatic heterocycles. The highest BCUT2D eigenvalue weighted by Gasteiger charge is 2.27. The molecule has 2 heterocycles. The molecule has 2 aliphatic rings. The van der Waals surface area contributed by atoms with Crippen molar-refractivity contribution < 1.29 is 23.8 Å². The van der Waals surface area contributed by atoms with Crippen LogP contribution in [0.15, 0.2) is 105 Å². The maximum Gasteiger partial charge on any atom is 0.197 e. The fourth-order valence-electron chi connectivity index (χ4n) is 4.49. The first kappa shape index (κ1) is 29.1. The second-order valence-electron chi connectivity index (χ2n) is 9.14. The highest BCUT2D eigenvalue weighted by molar-refractivity contribution is 6.19. The van der Waals surface area contributed by atoms with Crippen molar-refractivity contribution in [1.82, 2.24) is 9.97 Å². The summed E-state index contributed by atoms with van der Waals surface area (Å²) in [6.45, 7) is 4.55. The van der Waals surface area contributed by atoms with E-state index in [9.17, 15) is 9.59 Å². The number of rotatable bonds is 12. The molecular formula is C30H32N6O5. The molecule has 0 bridgehead atoms. The van der Waals surface area contributed by atoms with Gasteiger partial charge in [0.15, 0.2) is 11.6 Å². The Hall–Kier alpha value is -4.90. The lowest BCUT2D eigenvalue weighted by Crippen LogP contribution is -2.21. The number of aromatic nitrogens is 2. The molecule has 0 radical (unpaired) electrons. The number of ketones is 2. The van der Waals surface area contributed by atoms with Gasteiger partial charge in [0.25, 0.3) is 0 Å². The Balaban J connectivity index is 1.31. The van der Waals surface area contributed by atoms with Crippen LogP contribution in [-0.2, 0) is 14.2 Å². The molecule has 0 aliphatic heterocycles. The van der Waals surface area contributed by atoms with Crippen LogP contribution < -0.4 is 11.7 Å². The Bertz CT molecular complexity index is 1360. The number of nitrogens with two attached hydrogens (primary N) is 2. The van der Waals surface area contributed by atoms with Crippen LogP contribution in [0.1, 0.15) is 47.4 Å². The molecule has 0 unspecified atom stereocenters. The zero-order valence-corrected chi connectivity index (χ0v) is 23.0. The summed E-state index contributed by atoms with van der Waals surface area (Å²) in [7, 11) is 0. The zero-order chi connectivity index (χ0) is 29.2. The van der Waals surface area contributed by atoms with Crippen molar-refractivity contribution in [2.45, 2.75) is 26.7 Å². The molecule has 41 heavy (non-hydrogen) atoms. The second-order valence-corrected chi connectivity index (χ2v) is 9.14. The van der Waals surface area contributed by atoms with Gasteiger partial charge in [-0.3, -0.25) is 19.6 Å². The number of pyridine rings is 2. The Morgan fingerprint density at radius 1 is 0.707 bits per heavy atom. The quantitative estimate of drug-likeness (QED) is 0.172. The van der Waals surface area contributed by atoms with E-state index in [4.69, 9.17) is 25.9 Å². The molecule has 0 spiro atoms. The Morgan fingerprint density at radius 2 is 1.10 bits per heavy atom. The summed E-state index contributed by atoms with van der Waals surface area (Å²) in [6, 6.07) is 6.59. The Kier molecular flexibility index (Phi) is 9.89. The number of hydrogen-bond acceptors (Lipinski definition) is 11. The van der Waals surface area contributed by atoms with Gasteiger partial charge in [0.2, 0.25) is 0 Å². The fraction of sp³-hybridized carbons (Fsp3) is 0.267. The van der Waals surface area contributed by atoms with E-state index in [2.05, 4.69) is 20.2 Å². The third kappa shape index (κ3) is 6.82. The third-order valence-electron chi connectivity index (χ3n) is 6.69. The van der Waals surface area contributed by atoms with E-state index >= 15 is 0 Å². The van der Waals surface area contributed by atoms with Gasteiger partial charge in [-0.25, -0.2) is 0 Å². The van der Waals surface area contributed by atoms with Crippen molar-refractivity contribution in [3.63, 3.8) is 0 Å². The summed E-state index contributed by atoms with van der Waals surface area (Å²) in [4.78, 5) is 34.4. The predicted octanol–water partition coefficient (Wildman–Crippen LogP) is 3.43. The van der Waals surface area contributed by atoms with E-state index in [1.807, 2.05) is 0 Å². The van der Waals surface area contributed by atoms with Crippen LogP contribution in [0.3, 0.4) is 0 Å². The second kappa shape index (κ2) is 13.9. The summed E-state index contributed by atoms with van der Waals surface area (Å²) >= 11 is 0. The molecule has 0 saturated heterocycles. The monoisotopic (exact) mass is 556 g/mol. The highest BCUT2D eigenvalue weighted by Crippen LogP contribution is 2.29. The minimum atomic E-state index is -0.199. The Labute approximate surface area is 238 Å². The van der Waals surface area contributed by atoms with E-state index in [-0.39, 0.29) is 38.0 Å². The van der Waals surface area contributed by atoms with Gasteiger partial charge in [0, 0.05) is 48.8 Å². The maximum atomic E-state index is 13.2. The number of hydrazone groups is 2. The average Bonchev–Trinajstić information content (AvgIpc) is 3.01. The van der Waals surface area contributed by atoms with E-state index in [1.54, 1.807) is 75.1 Å². The first-order valence-electron chi connectivity index (χ1n) is 13.1. The van der Waals surface area contributed by atoms with Gasteiger partial charge in [-0.05, 0) is 61.4 Å². The number of carbonyl (C=O) groups is 2.